The summed E-state index contributed by atoms with van der Waals surface area (Å²) < 4.78 is 0. The molecule has 104 valence electrons. The molecular formula is C16H23NOS. The van der Waals surface area contributed by atoms with Gasteiger partial charge >= 0.3 is 0 Å². The first-order valence-electron chi connectivity index (χ1n) is 7.40. The number of thioether (sulfide) groups is 1. The molecule has 0 aliphatic carbocycles. The molecule has 2 nitrogen and oxygen atoms in total. The van der Waals surface area contributed by atoms with Crippen molar-refractivity contribution < 1.29 is 5.11 Å². The fourth-order valence-corrected chi connectivity index (χ4v) is 4.60. The molecule has 0 amide bonds. The van der Waals surface area contributed by atoms with Gasteiger partial charge in [0.1, 0.15) is 0 Å². The quantitative estimate of drug-likeness (QED) is 0.919. The summed E-state index contributed by atoms with van der Waals surface area (Å²) in [6.07, 6.45) is 1.96. The fourth-order valence-electron chi connectivity index (χ4n) is 3.35. The summed E-state index contributed by atoms with van der Waals surface area (Å²) >= 11 is 2.00. The number of benzene rings is 1. The molecule has 2 heterocycles. The molecule has 3 heteroatoms. The van der Waals surface area contributed by atoms with E-state index >= 15 is 0 Å². The molecule has 0 radical (unpaired) electrons. The maximum Gasteiger partial charge on any atom is 0.0592 e. The summed E-state index contributed by atoms with van der Waals surface area (Å²) in [6, 6.07) is 8.83. The van der Waals surface area contributed by atoms with Crippen LogP contribution in [0.15, 0.2) is 29.2 Å². The van der Waals surface area contributed by atoms with Crippen molar-refractivity contribution in [1.82, 2.24) is 4.90 Å². The van der Waals surface area contributed by atoms with E-state index in [0.29, 0.717) is 11.8 Å². The zero-order chi connectivity index (χ0) is 13.2. The Bertz CT molecular complexity index is 437. The summed E-state index contributed by atoms with van der Waals surface area (Å²) in [5.74, 6) is 2.36. The van der Waals surface area contributed by atoms with Crippen molar-refractivity contribution in [2.45, 2.75) is 36.7 Å². The summed E-state index contributed by atoms with van der Waals surface area (Å²) in [7, 11) is 0. The number of piperidine rings is 1. The van der Waals surface area contributed by atoms with E-state index in [-0.39, 0.29) is 6.10 Å². The van der Waals surface area contributed by atoms with E-state index in [1.165, 1.54) is 16.2 Å². The Morgan fingerprint density at radius 3 is 3.05 bits per heavy atom. The number of fused-ring (bicyclic) bond motifs is 1. The third kappa shape index (κ3) is 2.83. The van der Waals surface area contributed by atoms with Crippen molar-refractivity contribution >= 4 is 11.8 Å². The molecule has 1 saturated heterocycles. The van der Waals surface area contributed by atoms with Crippen molar-refractivity contribution in [2.75, 3.05) is 25.4 Å². The maximum atomic E-state index is 9.97. The topological polar surface area (TPSA) is 23.5 Å². The van der Waals surface area contributed by atoms with Gasteiger partial charge in [0.05, 0.1) is 6.10 Å². The first-order valence-corrected chi connectivity index (χ1v) is 8.38. The second-order valence-electron chi connectivity index (χ2n) is 5.83. The lowest BCUT2D eigenvalue weighted by molar-refractivity contribution is 0.0237. The highest BCUT2D eigenvalue weighted by atomic mass is 32.2. The molecule has 3 rings (SSSR count). The van der Waals surface area contributed by atoms with E-state index in [0.717, 1.165) is 32.5 Å². The zero-order valence-corrected chi connectivity index (χ0v) is 12.4. The van der Waals surface area contributed by atoms with Gasteiger partial charge < -0.3 is 10.0 Å². The highest BCUT2D eigenvalue weighted by Gasteiger charge is 2.30. The van der Waals surface area contributed by atoms with E-state index < -0.39 is 0 Å². The lowest BCUT2D eigenvalue weighted by Crippen LogP contribution is -2.44. The minimum absolute atomic E-state index is 0.0773. The monoisotopic (exact) mass is 277 g/mol. The average Bonchev–Trinajstić information content (AvgIpc) is 2.84. The summed E-state index contributed by atoms with van der Waals surface area (Å²) in [5, 5.41) is 9.97. The summed E-state index contributed by atoms with van der Waals surface area (Å²) in [5.41, 5.74) is 1.53. The Labute approximate surface area is 120 Å². The largest absolute Gasteiger partial charge is 0.393 e. The van der Waals surface area contributed by atoms with Crippen LogP contribution in [0.25, 0.3) is 0 Å². The third-order valence-electron chi connectivity index (χ3n) is 4.58. The molecule has 3 atom stereocenters. The number of nitrogens with zero attached hydrogens (tertiary/aromatic N) is 1. The van der Waals surface area contributed by atoms with Gasteiger partial charge in [0.15, 0.2) is 0 Å². The number of hydrogen-bond donors (Lipinski definition) is 1. The van der Waals surface area contributed by atoms with Crippen LogP contribution < -0.4 is 0 Å². The molecule has 1 aromatic carbocycles. The summed E-state index contributed by atoms with van der Waals surface area (Å²) in [6.45, 7) is 5.48. The molecule has 2 aliphatic rings. The van der Waals surface area contributed by atoms with Gasteiger partial charge in [-0.1, -0.05) is 25.1 Å². The van der Waals surface area contributed by atoms with Crippen molar-refractivity contribution in [3.8, 4) is 0 Å². The first-order chi connectivity index (χ1) is 9.28. The van der Waals surface area contributed by atoms with Gasteiger partial charge in [0, 0.05) is 36.2 Å². The molecule has 1 fully saturated rings. The number of rotatable bonds is 3. The molecule has 3 unspecified atom stereocenters. The Hall–Kier alpha value is -0.510. The Balaban J connectivity index is 1.64. The molecule has 1 aromatic rings. The van der Waals surface area contributed by atoms with Crippen molar-refractivity contribution in [3.63, 3.8) is 0 Å². The van der Waals surface area contributed by atoms with Crippen LogP contribution >= 0.6 is 11.8 Å². The maximum absolute atomic E-state index is 9.97. The van der Waals surface area contributed by atoms with Gasteiger partial charge in [-0.05, 0) is 30.4 Å². The van der Waals surface area contributed by atoms with Gasteiger partial charge in [0.2, 0.25) is 0 Å². The van der Waals surface area contributed by atoms with E-state index in [4.69, 9.17) is 0 Å². The van der Waals surface area contributed by atoms with Crippen LogP contribution in [0, 0.1) is 5.92 Å². The second kappa shape index (κ2) is 5.86. The smallest absolute Gasteiger partial charge is 0.0592 e. The average molecular weight is 277 g/mol. The number of aliphatic hydroxyl groups excluding tert-OH is 1. The standard InChI is InChI=1S/C16H23NOS/c1-2-12-9-17(8-7-15(12)18)10-13-11-19-16-6-4-3-5-14(13)16/h3-6,12-13,15,18H,2,7-11H2,1H3. The lowest BCUT2D eigenvalue weighted by Gasteiger charge is -2.37. The zero-order valence-electron chi connectivity index (χ0n) is 11.6. The van der Waals surface area contributed by atoms with Crippen LogP contribution in [0.2, 0.25) is 0 Å². The van der Waals surface area contributed by atoms with E-state index in [1.807, 2.05) is 11.8 Å². The highest BCUT2D eigenvalue weighted by molar-refractivity contribution is 7.99. The van der Waals surface area contributed by atoms with E-state index in [1.54, 1.807) is 0 Å². The van der Waals surface area contributed by atoms with Gasteiger partial charge in [-0.3, -0.25) is 0 Å². The van der Waals surface area contributed by atoms with Crippen LogP contribution in [0.3, 0.4) is 0 Å². The predicted octanol–water partition coefficient (Wildman–Crippen LogP) is 2.97. The van der Waals surface area contributed by atoms with Crippen LogP contribution in [-0.4, -0.2) is 41.5 Å². The normalized spacial score (nSPS) is 31.4. The molecule has 19 heavy (non-hydrogen) atoms. The minimum Gasteiger partial charge on any atom is -0.393 e. The molecule has 0 saturated carbocycles. The van der Waals surface area contributed by atoms with Gasteiger partial charge in [-0.15, -0.1) is 11.8 Å². The molecular weight excluding hydrogens is 254 g/mol. The first kappa shape index (κ1) is 13.5. The number of hydrogen-bond acceptors (Lipinski definition) is 3. The predicted molar refractivity (Wildman–Crippen MR) is 80.8 cm³/mol. The van der Waals surface area contributed by atoms with Crippen LogP contribution in [0.5, 0.6) is 0 Å². The SMILES string of the molecule is CCC1CN(CC2CSc3ccccc32)CCC1O. The van der Waals surface area contributed by atoms with Crippen LogP contribution in [0.1, 0.15) is 31.2 Å². The fraction of sp³-hybridized carbons (Fsp3) is 0.625. The van der Waals surface area contributed by atoms with Gasteiger partial charge in [-0.25, -0.2) is 0 Å². The van der Waals surface area contributed by atoms with Crippen LogP contribution in [-0.2, 0) is 0 Å². The second-order valence-corrected chi connectivity index (χ2v) is 6.89. The highest BCUT2D eigenvalue weighted by Crippen LogP contribution is 2.40. The van der Waals surface area contributed by atoms with Crippen molar-refractivity contribution in [1.29, 1.82) is 0 Å². The number of likely N-dealkylation sites (tertiary alicyclic amines) is 1. The Morgan fingerprint density at radius 1 is 1.37 bits per heavy atom. The van der Waals surface area contributed by atoms with Crippen molar-refractivity contribution in [2.24, 2.45) is 5.92 Å². The molecule has 0 bridgehead atoms. The van der Waals surface area contributed by atoms with E-state index in [2.05, 4.69) is 36.1 Å². The summed E-state index contributed by atoms with van der Waals surface area (Å²) in [4.78, 5) is 4.03. The minimum atomic E-state index is -0.0773. The van der Waals surface area contributed by atoms with Crippen molar-refractivity contribution in [3.05, 3.63) is 29.8 Å². The Morgan fingerprint density at radius 2 is 2.21 bits per heavy atom. The Kier molecular flexibility index (Phi) is 4.15. The van der Waals surface area contributed by atoms with Gasteiger partial charge in [0.25, 0.3) is 0 Å². The molecule has 0 aromatic heterocycles. The van der Waals surface area contributed by atoms with Crippen LogP contribution in [0.4, 0.5) is 0 Å². The lowest BCUT2D eigenvalue weighted by atomic mass is 9.91. The third-order valence-corrected chi connectivity index (χ3v) is 5.83. The molecule has 2 aliphatic heterocycles. The van der Waals surface area contributed by atoms with E-state index in [9.17, 15) is 5.11 Å². The number of aliphatic hydroxyl groups is 1. The molecule has 0 spiro atoms. The molecule has 1 N–H and O–H groups in total. The van der Waals surface area contributed by atoms with Gasteiger partial charge in [-0.2, -0.15) is 0 Å².